The molecule has 2 aromatic carbocycles. The Morgan fingerprint density at radius 2 is 1.94 bits per heavy atom. The SMILES string of the molecule is CN(CCc1ccccn1)C1CN(C(=O)c2ccc(F)c(F)c2Nc2ccc(I)cc2F)C1. The minimum atomic E-state index is -1.22. The number of carbonyl (C=O) groups is 1. The number of nitrogens with zero attached hydrogens (tertiary/aromatic N) is 3. The van der Waals surface area contributed by atoms with Crippen LogP contribution in [0.1, 0.15) is 16.1 Å². The molecule has 1 aliphatic heterocycles. The third-order valence-electron chi connectivity index (χ3n) is 5.74. The van der Waals surface area contributed by atoms with E-state index in [0.717, 1.165) is 24.7 Å². The van der Waals surface area contributed by atoms with Gasteiger partial charge in [-0.2, -0.15) is 0 Å². The van der Waals surface area contributed by atoms with E-state index in [1.807, 2.05) is 47.8 Å². The van der Waals surface area contributed by atoms with Gasteiger partial charge < -0.3 is 10.2 Å². The van der Waals surface area contributed by atoms with E-state index in [0.29, 0.717) is 16.7 Å². The molecular weight excluding hydrogens is 544 g/mol. The van der Waals surface area contributed by atoms with E-state index < -0.39 is 23.4 Å². The van der Waals surface area contributed by atoms with E-state index in [2.05, 4.69) is 15.2 Å². The van der Waals surface area contributed by atoms with Crippen molar-refractivity contribution in [1.29, 1.82) is 0 Å². The van der Waals surface area contributed by atoms with Crippen molar-refractivity contribution < 1.29 is 18.0 Å². The zero-order valence-electron chi connectivity index (χ0n) is 17.9. The van der Waals surface area contributed by atoms with Crippen LogP contribution in [0.2, 0.25) is 0 Å². The molecule has 2 heterocycles. The number of halogens is 4. The smallest absolute Gasteiger partial charge is 0.256 e. The molecule has 0 saturated carbocycles. The highest BCUT2D eigenvalue weighted by Gasteiger charge is 2.35. The fraction of sp³-hybridized carbons (Fsp3) is 0.250. The summed E-state index contributed by atoms with van der Waals surface area (Å²) in [7, 11) is 1.99. The standard InChI is InChI=1S/C24H22F3IN4O/c1-31(11-9-16-4-2-3-10-29-16)17-13-32(14-17)24(33)18-6-7-19(25)22(27)23(18)30-21-8-5-15(28)12-20(21)26/h2-8,10,12,17,30H,9,11,13-14H2,1H3. The Morgan fingerprint density at radius 1 is 1.15 bits per heavy atom. The minimum absolute atomic E-state index is 0.0373. The van der Waals surface area contributed by atoms with Gasteiger partial charge in [-0.15, -0.1) is 0 Å². The van der Waals surface area contributed by atoms with Gasteiger partial charge in [0.15, 0.2) is 11.6 Å². The maximum absolute atomic E-state index is 14.6. The van der Waals surface area contributed by atoms with Crippen molar-refractivity contribution in [3.05, 3.63) is 87.0 Å². The van der Waals surface area contributed by atoms with E-state index in [-0.39, 0.29) is 23.0 Å². The number of amides is 1. The molecule has 5 nitrogen and oxygen atoms in total. The summed E-state index contributed by atoms with van der Waals surface area (Å²) in [6.07, 6.45) is 2.55. The van der Waals surface area contributed by atoms with E-state index in [1.165, 1.54) is 18.2 Å². The van der Waals surface area contributed by atoms with E-state index in [4.69, 9.17) is 0 Å². The number of nitrogens with one attached hydrogen (secondary N) is 1. The predicted molar refractivity (Wildman–Crippen MR) is 129 cm³/mol. The van der Waals surface area contributed by atoms with E-state index >= 15 is 0 Å². The zero-order chi connectivity index (χ0) is 23.5. The van der Waals surface area contributed by atoms with Gasteiger partial charge in [0.25, 0.3) is 5.91 Å². The first-order chi connectivity index (χ1) is 15.8. The van der Waals surface area contributed by atoms with Crippen LogP contribution < -0.4 is 5.32 Å². The molecule has 0 radical (unpaired) electrons. The molecule has 1 N–H and O–H groups in total. The van der Waals surface area contributed by atoms with Crippen LogP contribution in [0.4, 0.5) is 24.5 Å². The van der Waals surface area contributed by atoms with E-state index in [1.54, 1.807) is 17.2 Å². The fourth-order valence-electron chi connectivity index (χ4n) is 3.67. The first kappa shape index (κ1) is 23.5. The van der Waals surface area contributed by atoms with Crippen LogP contribution in [0, 0.1) is 21.0 Å². The molecule has 0 atom stereocenters. The van der Waals surface area contributed by atoms with Gasteiger partial charge in [-0.25, -0.2) is 13.2 Å². The quantitative estimate of drug-likeness (QED) is 0.416. The molecule has 4 rings (SSSR count). The summed E-state index contributed by atoms with van der Waals surface area (Å²) in [5.41, 5.74) is 0.551. The third-order valence-corrected chi connectivity index (χ3v) is 6.41. The van der Waals surface area contributed by atoms with Crippen molar-refractivity contribution in [3.8, 4) is 0 Å². The third kappa shape index (κ3) is 5.30. The molecule has 1 amide bonds. The lowest BCUT2D eigenvalue weighted by atomic mass is 10.0. The van der Waals surface area contributed by atoms with Crippen molar-refractivity contribution in [2.45, 2.75) is 12.5 Å². The molecule has 172 valence electrons. The van der Waals surface area contributed by atoms with Crippen molar-refractivity contribution in [3.63, 3.8) is 0 Å². The van der Waals surface area contributed by atoms with Crippen molar-refractivity contribution in [2.75, 3.05) is 32.0 Å². The van der Waals surface area contributed by atoms with Crippen LogP contribution in [0.15, 0.2) is 54.7 Å². The Morgan fingerprint density at radius 3 is 2.64 bits per heavy atom. The average Bonchev–Trinajstić information content (AvgIpc) is 2.77. The summed E-state index contributed by atoms with van der Waals surface area (Å²) in [6.45, 7) is 1.72. The molecule has 1 saturated heterocycles. The summed E-state index contributed by atoms with van der Waals surface area (Å²) >= 11 is 1.95. The number of aromatic nitrogens is 1. The molecule has 1 aliphatic rings. The average molecular weight is 566 g/mol. The summed E-state index contributed by atoms with van der Waals surface area (Å²) in [5, 5.41) is 2.58. The van der Waals surface area contributed by atoms with Gasteiger partial charge in [0.1, 0.15) is 5.82 Å². The van der Waals surface area contributed by atoms with Crippen LogP contribution in [0.5, 0.6) is 0 Å². The maximum Gasteiger partial charge on any atom is 0.256 e. The van der Waals surface area contributed by atoms with Gasteiger partial charge in [0.05, 0.1) is 16.9 Å². The first-order valence-corrected chi connectivity index (χ1v) is 11.5. The summed E-state index contributed by atoms with van der Waals surface area (Å²) < 4.78 is 43.5. The number of benzene rings is 2. The zero-order valence-corrected chi connectivity index (χ0v) is 20.0. The number of carbonyl (C=O) groups excluding carboxylic acids is 1. The lowest BCUT2D eigenvalue weighted by molar-refractivity contribution is 0.0343. The summed E-state index contributed by atoms with van der Waals surface area (Å²) in [5.74, 6) is -3.39. The number of likely N-dealkylation sites (N-methyl/N-ethyl adjacent to an activating group) is 1. The Bertz CT molecular complexity index is 1160. The Balaban J connectivity index is 1.44. The Labute approximate surface area is 203 Å². The Hall–Kier alpha value is -2.66. The maximum atomic E-state index is 14.6. The van der Waals surface area contributed by atoms with Crippen LogP contribution in [0.3, 0.4) is 0 Å². The molecule has 9 heteroatoms. The highest BCUT2D eigenvalue weighted by atomic mass is 127. The van der Waals surface area contributed by atoms with Gasteiger partial charge in [0.2, 0.25) is 0 Å². The molecule has 0 spiro atoms. The van der Waals surface area contributed by atoms with Gasteiger partial charge in [-0.1, -0.05) is 6.07 Å². The van der Waals surface area contributed by atoms with Gasteiger partial charge in [0, 0.05) is 47.6 Å². The number of rotatable bonds is 7. The second-order valence-corrected chi connectivity index (χ2v) is 9.19. The predicted octanol–water partition coefficient (Wildman–Crippen LogP) is 4.85. The normalized spacial score (nSPS) is 13.8. The number of hydrogen-bond donors (Lipinski definition) is 1. The summed E-state index contributed by atoms with van der Waals surface area (Å²) in [6, 6.07) is 12.4. The molecular formula is C24H22F3IN4O. The second-order valence-electron chi connectivity index (χ2n) is 7.95. The molecule has 3 aromatic rings. The van der Waals surface area contributed by atoms with Gasteiger partial charge in [-0.05, 0) is 72.1 Å². The van der Waals surface area contributed by atoms with E-state index in [9.17, 15) is 18.0 Å². The van der Waals surface area contributed by atoms with Crippen molar-refractivity contribution in [1.82, 2.24) is 14.8 Å². The van der Waals surface area contributed by atoms with Gasteiger partial charge >= 0.3 is 0 Å². The molecule has 1 aromatic heterocycles. The number of anilines is 2. The van der Waals surface area contributed by atoms with Crippen LogP contribution in [-0.4, -0.2) is 53.4 Å². The largest absolute Gasteiger partial charge is 0.350 e. The minimum Gasteiger partial charge on any atom is -0.350 e. The van der Waals surface area contributed by atoms with Crippen molar-refractivity contribution >= 4 is 39.9 Å². The number of pyridine rings is 1. The molecule has 0 aliphatic carbocycles. The topological polar surface area (TPSA) is 48.5 Å². The number of hydrogen-bond acceptors (Lipinski definition) is 4. The fourth-order valence-corrected chi connectivity index (χ4v) is 4.12. The van der Waals surface area contributed by atoms with Crippen LogP contribution in [0.25, 0.3) is 0 Å². The summed E-state index contributed by atoms with van der Waals surface area (Å²) in [4.78, 5) is 21.1. The molecule has 1 fully saturated rings. The first-order valence-electron chi connectivity index (χ1n) is 10.4. The number of likely N-dealkylation sites (tertiary alicyclic amines) is 1. The molecule has 0 unspecified atom stereocenters. The molecule has 0 bridgehead atoms. The highest BCUT2D eigenvalue weighted by molar-refractivity contribution is 14.1. The molecule has 33 heavy (non-hydrogen) atoms. The van der Waals surface area contributed by atoms with Crippen LogP contribution >= 0.6 is 22.6 Å². The van der Waals surface area contributed by atoms with Crippen LogP contribution in [-0.2, 0) is 6.42 Å². The van der Waals surface area contributed by atoms with Gasteiger partial charge in [-0.3, -0.25) is 14.7 Å². The second kappa shape index (κ2) is 10.1. The van der Waals surface area contributed by atoms with Crippen molar-refractivity contribution in [2.24, 2.45) is 0 Å². The lowest BCUT2D eigenvalue weighted by Gasteiger charge is -2.44. The monoisotopic (exact) mass is 566 g/mol. The Kier molecular flexibility index (Phi) is 7.18. The lowest BCUT2D eigenvalue weighted by Crippen LogP contribution is -2.60. The highest BCUT2D eigenvalue weighted by Crippen LogP contribution is 2.30.